The monoisotopic (exact) mass is 243 g/mol. The third-order valence-corrected chi connectivity index (χ3v) is 2.66. The molecule has 0 bridgehead atoms. The highest BCUT2D eigenvalue weighted by atomic mass is 16.3. The Morgan fingerprint density at radius 2 is 2.22 bits per heavy atom. The number of hydrogen-bond acceptors (Lipinski definition) is 5. The summed E-state index contributed by atoms with van der Waals surface area (Å²) in [4.78, 5) is 4.38. The molecule has 0 spiro atoms. The molecule has 0 aliphatic heterocycles. The van der Waals surface area contributed by atoms with E-state index in [1.807, 2.05) is 31.2 Å². The number of nitrogens with zero attached hydrogens (tertiary/aromatic N) is 4. The summed E-state index contributed by atoms with van der Waals surface area (Å²) >= 11 is 0. The van der Waals surface area contributed by atoms with Crippen LogP contribution in [0.15, 0.2) is 34.9 Å². The van der Waals surface area contributed by atoms with Gasteiger partial charge in [-0.15, -0.1) is 5.10 Å². The number of para-hydroxylation sites is 2. The summed E-state index contributed by atoms with van der Waals surface area (Å²) in [6.07, 6.45) is 1.81. The first kappa shape index (κ1) is 10.9. The predicted molar refractivity (Wildman–Crippen MR) is 65.7 cm³/mol. The molecule has 1 aromatic carbocycles. The van der Waals surface area contributed by atoms with Crippen molar-refractivity contribution in [2.75, 3.05) is 0 Å². The molecule has 0 saturated carbocycles. The van der Waals surface area contributed by atoms with E-state index in [4.69, 9.17) is 10.2 Å². The first-order valence-corrected chi connectivity index (χ1v) is 5.72. The summed E-state index contributed by atoms with van der Waals surface area (Å²) in [7, 11) is 0. The van der Waals surface area contributed by atoms with Gasteiger partial charge in [0, 0.05) is 6.04 Å². The van der Waals surface area contributed by atoms with Crippen molar-refractivity contribution >= 4 is 11.1 Å². The summed E-state index contributed by atoms with van der Waals surface area (Å²) in [5.41, 5.74) is 8.11. The Morgan fingerprint density at radius 3 is 2.94 bits per heavy atom. The van der Waals surface area contributed by atoms with Crippen molar-refractivity contribution in [2.45, 2.75) is 19.5 Å². The molecular formula is C12H13N5O. The van der Waals surface area contributed by atoms with Gasteiger partial charge in [-0.1, -0.05) is 17.3 Å². The van der Waals surface area contributed by atoms with Crippen LogP contribution in [-0.4, -0.2) is 20.0 Å². The van der Waals surface area contributed by atoms with Crippen LogP contribution >= 0.6 is 0 Å². The van der Waals surface area contributed by atoms with Crippen molar-refractivity contribution in [1.29, 1.82) is 0 Å². The van der Waals surface area contributed by atoms with Gasteiger partial charge in [0.05, 0.1) is 11.9 Å². The molecule has 1 unspecified atom stereocenters. The molecule has 2 N–H and O–H groups in total. The second-order valence-corrected chi connectivity index (χ2v) is 4.20. The SMILES string of the molecule is CC(N)c1cn(Cc2nc3ccccc3o2)nn1. The Kier molecular flexibility index (Phi) is 2.56. The fraction of sp³-hybridized carbons (Fsp3) is 0.250. The molecule has 1 atom stereocenters. The lowest BCUT2D eigenvalue weighted by Gasteiger charge is -1.96. The molecule has 3 aromatic rings. The first-order valence-electron chi connectivity index (χ1n) is 5.72. The number of fused-ring (bicyclic) bond motifs is 1. The second kappa shape index (κ2) is 4.23. The maximum atomic E-state index is 5.73. The van der Waals surface area contributed by atoms with Gasteiger partial charge in [0.1, 0.15) is 12.1 Å². The average molecular weight is 243 g/mol. The normalized spacial score (nSPS) is 13.0. The third-order valence-electron chi connectivity index (χ3n) is 2.66. The Hall–Kier alpha value is -2.21. The Balaban J connectivity index is 1.86. The van der Waals surface area contributed by atoms with E-state index in [0.29, 0.717) is 12.4 Å². The quantitative estimate of drug-likeness (QED) is 0.753. The van der Waals surface area contributed by atoms with Crippen molar-refractivity contribution in [3.8, 4) is 0 Å². The topological polar surface area (TPSA) is 82.8 Å². The second-order valence-electron chi connectivity index (χ2n) is 4.20. The van der Waals surface area contributed by atoms with Gasteiger partial charge in [0.15, 0.2) is 5.58 Å². The zero-order chi connectivity index (χ0) is 12.5. The smallest absolute Gasteiger partial charge is 0.217 e. The molecule has 6 nitrogen and oxygen atoms in total. The largest absolute Gasteiger partial charge is 0.439 e. The standard InChI is InChI=1S/C12H13N5O/c1-8(13)10-6-17(16-15-10)7-12-14-9-4-2-3-5-11(9)18-12/h2-6,8H,7,13H2,1H3. The minimum atomic E-state index is -0.123. The summed E-state index contributed by atoms with van der Waals surface area (Å²) in [5.74, 6) is 0.609. The van der Waals surface area contributed by atoms with Gasteiger partial charge in [-0.25, -0.2) is 9.67 Å². The van der Waals surface area contributed by atoms with E-state index in [2.05, 4.69) is 15.3 Å². The minimum absolute atomic E-state index is 0.123. The zero-order valence-corrected chi connectivity index (χ0v) is 9.95. The highest BCUT2D eigenvalue weighted by molar-refractivity contribution is 5.72. The zero-order valence-electron chi connectivity index (χ0n) is 9.95. The van der Waals surface area contributed by atoms with E-state index in [-0.39, 0.29) is 6.04 Å². The van der Waals surface area contributed by atoms with E-state index in [0.717, 1.165) is 16.8 Å². The van der Waals surface area contributed by atoms with E-state index >= 15 is 0 Å². The summed E-state index contributed by atoms with van der Waals surface area (Å²) in [6, 6.07) is 7.53. The van der Waals surface area contributed by atoms with Crippen molar-refractivity contribution in [1.82, 2.24) is 20.0 Å². The molecule has 18 heavy (non-hydrogen) atoms. The lowest BCUT2D eigenvalue weighted by Crippen LogP contribution is -2.05. The van der Waals surface area contributed by atoms with Gasteiger partial charge in [-0.05, 0) is 19.1 Å². The fourth-order valence-corrected chi connectivity index (χ4v) is 1.73. The molecule has 3 rings (SSSR count). The maximum absolute atomic E-state index is 5.73. The molecule has 0 fully saturated rings. The predicted octanol–water partition coefficient (Wildman–Crippen LogP) is 1.49. The summed E-state index contributed by atoms with van der Waals surface area (Å²) in [6.45, 7) is 2.32. The van der Waals surface area contributed by atoms with Gasteiger partial charge in [-0.3, -0.25) is 0 Å². The van der Waals surface area contributed by atoms with Gasteiger partial charge in [-0.2, -0.15) is 0 Å². The van der Waals surface area contributed by atoms with Gasteiger partial charge < -0.3 is 10.2 Å². The van der Waals surface area contributed by atoms with E-state index in [1.165, 1.54) is 0 Å². The highest BCUT2D eigenvalue weighted by Gasteiger charge is 2.09. The number of rotatable bonds is 3. The lowest BCUT2D eigenvalue weighted by molar-refractivity contribution is 0.485. The molecule has 92 valence electrons. The molecule has 2 heterocycles. The van der Waals surface area contributed by atoms with E-state index in [1.54, 1.807) is 10.9 Å². The first-order chi connectivity index (χ1) is 8.72. The van der Waals surface area contributed by atoms with Crippen molar-refractivity contribution in [2.24, 2.45) is 5.73 Å². The Labute approximate surface area is 103 Å². The number of hydrogen-bond donors (Lipinski definition) is 1. The highest BCUT2D eigenvalue weighted by Crippen LogP contribution is 2.15. The molecule has 2 aromatic heterocycles. The fourth-order valence-electron chi connectivity index (χ4n) is 1.73. The minimum Gasteiger partial charge on any atom is -0.439 e. The van der Waals surface area contributed by atoms with Crippen molar-refractivity contribution < 1.29 is 4.42 Å². The molecule has 0 amide bonds. The maximum Gasteiger partial charge on any atom is 0.217 e. The van der Waals surface area contributed by atoms with Crippen LogP contribution in [0, 0.1) is 0 Å². The molecule has 6 heteroatoms. The molecule has 0 aliphatic carbocycles. The summed E-state index contributed by atoms with van der Waals surface area (Å²) < 4.78 is 7.28. The van der Waals surface area contributed by atoms with Crippen LogP contribution in [0.1, 0.15) is 24.6 Å². The van der Waals surface area contributed by atoms with Gasteiger partial charge in [0.2, 0.25) is 5.89 Å². The molecule has 0 aliphatic rings. The van der Waals surface area contributed by atoms with E-state index < -0.39 is 0 Å². The van der Waals surface area contributed by atoms with Crippen LogP contribution in [0.4, 0.5) is 0 Å². The van der Waals surface area contributed by atoms with Crippen LogP contribution in [-0.2, 0) is 6.54 Å². The van der Waals surface area contributed by atoms with Crippen LogP contribution in [0.5, 0.6) is 0 Å². The lowest BCUT2D eigenvalue weighted by atomic mass is 10.3. The van der Waals surface area contributed by atoms with Crippen LogP contribution < -0.4 is 5.73 Å². The van der Waals surface area contributed by atoms with Crippen LogP contribution in [0.3, 0.4) is 0 Å². The number of benzene rings is 1. The molecule has 0 saturated heterocycles. The number of nitrogens with two attached hydrogens (primary N) is 1. The van der Waals surface area contributed by atoms with Gasteiger partial charge in [0.25, 0.3) is 0 Å². The van der Waals surface area contributed by atoms with E-state index in [9.17, 15) is 0 Å². The van der Waals surface area contributed by atoms with Gasteiger partial charge >= 0.3 is 0 Å². The number of oxazole rings is 1. The molecule has 0 radical (unpaired) electrons. The van der Waals surface area contributed by atoms with Crippen molar-refractivity contribution in [3.63, 3.8) is 0 Å². The van der Waals surface area contributed by atoms with Crippen LogP contribution in [0.25, 0.3) is 11.1 Å². The Bertz CT molecular complexity index is 637. The third kappa shape index (κ3) is 1.98. The van der Waals surface area contributed by atoms with Crippen LogP contribution in [0.2, 0.25) is 0 Å². The van der Waals surface area contributed by atoms with Crippen molar-refractivity contribution in [3.05, 3.63) is 42.0 Å². The Morgan fingerprint density at radius 1 is 1.39 bits per heavy atom. The number of aromatic nitrogens is 4. The average Bonchev–Trinajstić information content (AvgIpc) is 2.94. The summed E-state index contributed by atoms with van der Waals surface area (Å²) in [5, 5.41) is 7.97. The molecular weight excluding hydrogens is 230 g/mol.